The largest absolute Gasteiger partial charge is 0.395 e. The van der Waals surface area contributed by atoms with Gasteiger partial charge in [0.05, 0.1) is 13.2 Å². The summed E-state index contributed by atoms with van der Waals surface area (Å²) in [6.45, 7) is 6.78. The quantitative estimate of drug-likeness (QED) is 0.0615. The van der Waals surface area contributed by atoms with Crippen molar-refractivity contribution in [2.45, 2.75) is 283 Å². The van der Waals surface area contributed by atoms with Crippen LogP contribution in [0.4, 0.5) is 0 Å². The zero-order valence-corrected chi connectivity index (χ0v) is 35.7. The summed E-state index contributed by atoms with van der Waals surface area (Å²) in [4.78, 5) is 2.38. The van der Waals surface area contributed by atoms with Gasteiger partial charge in [0.25, 0.3) is 0 Å². The molecule has 3 nitrogen and oxygen atoms in total. The summed E-state index contributed by atoms with van der Waals surface area (Å²) in [7, 11) is 0. The first-order chi connectivity index (χ1) is 25.3. The molecule has 2 N–H and O–H groups in total. The minimum absolute atomic E-state index is 0.203. The normalized spacial score (nSPS) is 12.4. The molecular weight excluding hydrogens is 623 g/mol. The Morgan fingerprint density at radius 1 is 0.294 bits per heavy atom. The molecule has 3 heteroatoms. The maximum Gasteiger partial charge on any atom is 0.0586 e. The topological polar surface area (TPSA) is 43.7 Å². The van der Waals surface area contributed by atoms with E-state index in [1.165, 1.54) is 257 Å². The second kappa shape index (κ2) is 46.0. The van der Waals surface area contributed by atoms with Gasteiger partial charge in [-0.1, -0.05) is 264 Å². The summed E-state index contributed by atoms with van der Waals surface area (Å²) in [6.07, 6.45) is 57.7. The molecule has 0 bridgehead atoms. The zero-order chi connectivity index (χ0) is 37.0. The molecule has 0 aliphatic rings. The summed E-state index contributed by atoms with van der Waals surface area (Å²) in [5.74, 6) is 0. The summed E-state index contributed by atoms with van der Waals surface area (Å²) < 4.78 is 0. The number of rotatable bonds is 46. The molecule has 0 saturated heterocycles. The van der Waals surface area contributed by atoms with Gasteiger partial charge in [0.15, 0.2) is 0 Å². The van der Waals surface area contributed by atoms with Crippen LogP contribution in [-0.2, 0) is 0 Å². The van der Waals surface area contributed by atoms with E-state index in [0.717, 1.165) is 13.0 Å². The number of unbranched alkanes of at least 4 members (excludes halogenated alkanes) is 38. The minimum atomic E-state index is 0.203. The zero-order valence-electron chi connectivity index (χ0n) is 35.7. The van der Waals surface area contributed by atoms with Crippen LogP contribution in [0.1, 0.15) is 277 Å². The fourth-order valence-corrected chi connectivity index (χ4v) is 8.20. The third-order valence-corrected chi connectivity index (χ3v) is 11.8. The maximum atomic E-state index is 10.1. The average Bonchev–Trinajstić information content (AvgIpc) is 3.14. The summed E-state index contributed by atoms with van der Waals surface area (Å²) in [5, 5.41) is 19.8. The van der Waals surface area contributed by atoms with Crippen molar-refractivity contribution in [1.29, 1.82) is 0 Å². The van der Waals surface area contributed by atoms with E-state index in [4.69, 9.17) is 0 Å². The Kier molecular flexibility index (Phi) is 45.9. The van der Waals surface area contributed by atoms with Gasteiger partial charge in [-0.05, 0) is 19.4 Å². The van der Waals surface area contributed by atoms with E-state index in [0.29, 0.717) is 6.54 Å². The second-order valence-corrected chi connectivity index (χ2v) is 16.8. The number of hydrogen-bond acceptors (Lipinski definition) is 3. The molecule has 1 unspecified atom stereocenters. The summed E-state index contributed by atoms with van der Waals surface area (Å²) in [5.41, 5.74) is 0. The Morgan fingerprint density at radius 2 is 0.529 bits per heavy atom. The average molecular weight is 722 g/mol. The van der Waals surface area contributed by atoms with Crippen molar-refractivity contribution in [3.63, 3.8) is 0 Å². The maximum absolute atomic E-state index is 10.1. The second-order valence-electron chi connectivity index (χ2n) is 16.8. The van der Waals surface area contributed by atoms with E-state index in [9.17, 15) is 10.2 Å². The highest BCUT2D eigenvalue weighted by atomic mass is 16.3. The van der Waals surface area contributed by atoms with Crippen molar-refractivity contribution in [2.75, 3.05) is 26.3 Å². The molecule has 0 heterocycles. The molecule has 308 valence electrons. The van der Waals surface area contributed by atoms with E-state index in [1.807, 2.05) is 0 Å². The lowest BCUT2D eigenvalue weighted by molar-refractivity contribution is 0.0926. The van der Waals surface area contributed by atoms with Gasteiger partial charge in [-0.25, -0.2) is 0 Å². The minimum Gasteiger partial charge on any atom is -0.395 e. The molecule has 0 fully saturated rings. The van der Waals surface area contributed by atoms with Crippen molar-refractivity contribution in [3.05, 3.63) is 0 Å². The Hall–Kier alpha value is -0.120. The molecular formula is C48H99NO2. The molecule has 0 saturated carbocycles. The lowest BCUT2D eigenvalue weighted by Gasteiger charge is -2.30. The van der Waals surface area contributed by atoms with Crippen LogP contribution in [0.3, 0.4) is 0 Å². The molecule has 51 heavy (non-hydrogen) atoms. The lowest BCUT2D eigenvalue weighted by atomic mass is 10.0. The van der Waals surface area contributed by atoms with Gasteiger partial charge in [0.2, 0.25) is 0 Å². The first-order valence-electron chi connectivity index (χ1n) is 24.3. The van der Waals surface area contributed by atoms with Crippen LogP contribution in [-0.4, -0.2) is 47.5 Å². The molecule has 0 amide bonds. The highest BCUT2D eigenvalue weighted by Crippen LogP contribution is 2.18. The van der Waals surface area contributed by atoms with Gasteiger partial charge in [0.1, 0.15) is 0 Å². The molecule has 1 atom stereocenters. The van der Waals surface area contributed by atoms with E-state index < -0.39 is 0 Å². The third kappa shape index (κ3) is 40.9. The van der Waals surface area contributed by atoms with Crippen molar-refractivity contribution >= 4 is 0 Å². The van der Waals surface area contributed by atoms with E-state index in [1.54, 1.807) is 0 Å². The third-order valence-electron chi connectivity index (χ3n) is 11.8. The standard InChI is InChI=1S/C48H99NO2/c1-3-5-7-9-11-13-15-17-19-21-23-25-27-29-31-33-35-37-39-41-43-48(47-51)49(45-46-50)44-42-40-38-36-34-32-30-28-26-24-22-20-18-16-14-12-10-8-6-4-2/h48,50-51H,3-47H2,1-2H3. The molecule has 0 aromatic rings. The van der Waals surface area contributed by atoms with Crippen LogP contribution in [0, 0.1) is 0 Å². The van der Waals surface area contributed by atoms with Crippen LogP contribution < -0.4 is 0 Å². The highest BCUT2D eigenvalue weighted by Gasteiger charge is 2.16. The summed E-state index contributed by atoms with van der Waals surface area (Å²) >= 11 is 0. The fourth-order valence-electron chi connectivity index (χ4n) is 8.20. The molecule has 0 aliphatic heterocycles. The van der Waals surface area contributed by atoms with Crippen LogP contribution in [0.2, 0.25) is 0 Å². The van der Waals surface area contributed by atoms with Crippen LogP contribution in [0.25, 0.3) is 0 Å². The Bertz CT molecular complexity index is 598. The van der Waals surface area contributed by atoms with Gasteiger partial charge in [-0.3, -0.25) is 4.90 Å². The van der Waals surface area contributed by atoms with Crippen LogP contribution in [0.5, 0.6) is 0 Å². The number of hydrogen-bond donors (Lipinski definition) is 2. The first kappa shape index (κ1) is 50.9. The van der Waals surface area contributed by atoms with Crippen molar-refractivity contribution in [2.24, 2.45) is 0 Å². The molecule has 0 aromatic carbocycles. The van der Waals surface area contributed by atoms with Gasteiger partial charge < -0.3 is 10.2 Å². The van der Waals surface area contributed by atoms with E-state index in [-0.39, 0.29) is 19.3 Å². The Labute approximate surface area is 323 Å². The van der Waals surface area contributed by atoms with E-state index in [2.05, 4.69) is 18.7 Å². The Morgan fingerprint density at radius 3 is 0.765 bits per heavy atom. The molecule has 0 aromatic heterocycles. The van der Waals surface area contributed by atoms with Gasteiger partial charge >= 0.3 is 0 Å². The monoisotopic (exact) mass is 722 g/mol. The van der Waals surface area contributed by atoms with Crippen LogP contribution in [0.15, 0.2) is 0 Å². The first-order valence-corrected chi connectivity index (χ1v) is 24.3. The SMILES string of the molecule is CCCCCCCCCCCCCCCCCCCCCCC(CO)N(CCO)CCCCCCCCCCCCCCCCCCCCCC. The lowest BCUT2D eigenvalue weighted by Crippen LogP contribution is -2.40. The molecule has 0 aliphatic carbocycles. The van der Waals surface area contributed by atoms with Crippen molar-refractivity contribution in [3.8, 4) is 0 Å². The van der Waals surface area contributed by atoms with Gasteiger partial charge in [-0.15, -0.1) is 0 Å². The smallest absolute Gasteiger partial charge is 0.0586 e. The van der Waals surface area contributed by atoms with Crippen molar-refractivity contribution in [1.82, 2.24) is 4.90 Å². The van der Waals surface area contributed by atoms with Crippen LogP contribution >= 0.6 is 0 Å². The number of aliphatic hydroxyl groups is 2. The molecule has 0 spiro atoms. The van der Waals surface area contributed by atoms with Crippen molar-refractivity contribution < 1.29 is 10.2 Å². The molecule has 0 rings (SSSR count). The highest BCUT2D eigenvalue weighted by molar-refractivity contribution is 4.71. The predicted octanol–water partition coefficient (Wildman–Crippen LogP) is 15.7. The summed E-state index contributed by atoms with van der Waals surface area (Å²) in [6, 6.07) is 0.230. The fraction of sp³-hybridized carbons (Fsp3) is 1.00. The predicted molar refractivity (Wildman–Crippen MR) is 230 cm³/mol. The van der Waals surface area contributed by atoms with Gasteiger partial charge in [-0.2, -0.15) is 0 Å². The number of aliphatic hydroxyl groups excluding tert-OH is 2. The molecule has 0 radical (unpaired) electrons. The number of nitrogens with zero attached hydrogens (tertiary/aromatic N) is 1. The Balaban J connectivity index is 3.53. The van der Waals surface area contributed by atoms with Gasteiger partial charge in [0, 0.05) is 12.6 Å². The van der Waals surface area contributed by atoms with E-state index >= 15 is 0 Å².